The van der Waals surface area contributed by atoms with Crippen molar-refractivity contribution in [1.82, 2.24) is 25.4 Å². The molecular weight excluding hydrogens is 218 g/mol. The standard InChI is InChI=1S/C11H21N5O/c1-4-12-9(2)7-11(17)13-6-5-10-15-14-8-16(10)3/h8-9,12H,4-7H2,1-3H3,(H,13,17). The van der Waals surface area contributed by atoms with Gasteiger partial charge in [-0.2, -0.15) is 0 Å². The van der Waals surface area contributed by atoms with Crippen LogP contribution < -0.4 is 10.6 Å². The molecule has 0 aliphatic carbocycles. The summed E-state index contributed by atoms with van der Waals surface area (Å²) in [5.41, 5.74) is 0. The lowest BCUT2D eigenvalue weighted by molar-refractivity contribution is -0.121. The number of hydrogen-bond donors (Lipinski definition) is 2. The zero-order valence-corrected chi connectivity index (χ0v) is 10.7. The Labute approximate surface area is 102 Å². The van der Waals surface area contributed by atoms with Gasteiger partial charge >= 0.3 is 0 Å². The van der Waals surface area contributed by atoms with Crippen LogP contribution in [0.2, 0.25) is 0 Å². The Morgan fingerprint density at radius 2 is 2.35 bits per heavy atom. The second-order valence-electron chi connectivity index (χ2n) is 4.12. The van der Waals surface area contributed by atoms with Crippen molar-refractivity contribution in [3.8, 4) is 0 Å². The van der Waals surface area contributed by atoms with Gasteiger partial charge in [0.25, 0.3) is 0 Å². The molecule has 0 aromatic carbocycles. The Bertz CT molecular complexity index is 349. The lowest BCUT2D eigenvalue weighted by Gasteiger charge is -2.11. The molecule has 0 bridgehead atoms. The quantitative estimate of drug-likeness (QED) is 0.695. The fourth-order valence-corrected chi connectivity index (χ4v) is 1.62. The molecule has 2 N–H and O–H groups in total. The van der Waals surface area contributed by atoms with E-state index in [0.29, 0.717) is 19.4 Å². The van der Waals surface area contributed by atoms with Crippen molar-refractivity contribution in [2.45, 2.75) is 32.7 Å². The Balaban J connectivity index is 2.18. The fraction of sp³-hybridized carbons (Fsp3) is 0.727. The molecule has 0 spiro atoms. The van der Waals surface area contributed by atoms with Crippen molar-refractivity contribution in [1.29, 1.82) is 0 Å². The minimum absolute atomic E-state index is 0.0700. The van der Waals surface area contributed by atoms with Gasteiger partial charge in [0, 0.05) is 32.5 Å². The van der Waals surface area contributed by atoms with Crippen molar-refractivity contribution in [2.75, 3.05) is 13.1 Å². The van der Waals surface area contributed by atoms with Crippen LogP contribution >= 0.6 is 0 Å². The number of carbonyl (C=O) groups excluding carboxylic acids is 1. The van der Waals surface area contributed by atoms with E-state index in [1.807, 2.05) is 25.5 Å². The van der Waals surface area contributed by atoms with Crippen molar-refractivity contribution < 1.29 is 4.79 Å². The molecule has 0 aliphatic rings. The van der Waals surface area contributed by atoms with Crippen LogP contribution in [0.3, 0.4) is 0 Å². The summed E-state index contributed by atoms with van der Waals surface area (Å²) in [7, 11) is 1.89. The Kier molecular flexibility index (Phi) is 5.62. The zero-order valence-electron chi connectivity index (χ0n) is 10.7. The van der Waals surface area contributed by atoms with Crippen molar-refractivity contribution in [3.05, 3.63) is 12.2 Å². The Morgan fingerprint density at radius 3 is 2.94 bits per heavy atom. The molecule has 1 aromatic heterocycles. The van der Waals surface area contributed by atoms with Crippen molar-refractivity contribution in [3.63, 3.8) is 0 Å². The maximum atomic E-state index is 11.5. The molecule has 6 heteroatoms. The largest absolute Gasteiger partial charge is 0.356 e. The molecule has 0 saturated carbocycles. The van der Waals surface area contributed by atoms with E-state index >= 15 is 0 Å². The number of aromatic nitrogens is 3. The molecule has 1 amide bonds. The van der Waals surface area contributed by atoms with Gasteiger partial charge in [-0.25, -0.2) is 0 Å². The van der Waals surface area contributed by atoms with Gasteiger partial charge in [0.15, 0.2) is 0 Å². The number of carbonyl (C=O) groups is 1. The predicted octanol–water partition coefficient (Wildman–Crippen LogP) is -0.138. The van der Waals surface area contributed by atoms with E-state index in [0.717, 1.165) is 12.4 Å². The molecule has 1 atom stereocenters. The van der Waals surface area contributed by atoms with Crippen molar-refractivity contribution >= 4 is 5.91 Å². The summed E-state index contributed by atoms with van der Waals surface area (Å²) in [6.07, 6.45) is 2.87. The summed E-state index contributed by atoms with van der Waals surface area (Å²) >= 11 is 0. The molecule has 1 unspecified atom stereocenters. The van der Waals surface area contributed by atoms with E-state index in [9.17, 15) is 4.79 Å². The second kappa shape index (κ2) is 7.01. The summed E-state index contributed by atoms with van der Waals surface area (Å²) in [6.45, 7) is 5.52. The number of hydrogen-bond acceptors (Lipinski definition) is 4. The van der Waals surface area contributed by atoms with Crippen LogP contribution in [0.25, 0.3) is 0 Å². The Morgan fingerprint density at radius 1 is 1.59 bits per heavy atom. The van der Waals surface area contributed by atoms with E-state index in [-0.39, 0.29) is 11.9 Å². The maximum Gasteiger partial charge on any atom is 0.221 e. The van der Waals surface area contributed by atoms with Gasteiger partial charge in [0.2, 0.25) is 5.91 Å². The topological polar surface area (TPSA) is 71.8 Å². The first-order valence-corrected chi connectivity index (χ1v) is 5.96. The lowest BCUT2D eigenvalue weighted by Crippen LogP contribution is -2.34. The number of rotatable bonds is 7. The highest BCUT2D eigenvalue weighted by Crippen LogP contribution is 1.93. The highest BCUT2D eigenvalue weighted by atomic mass is 16.1. The summed E-state index contributed by atoms with van der Waals surface area (Å²) in [6, 6.07) is 0.217. The van der Waals surface area contributed by atoms with Crippen LogP contribution in [-0.2, 0) is 18.3 Å². The first-order valence-electron chi connectivity index (χ1n) is 5.96. The number of aryl methyl sites for hydroxylation is 1. The van der Waals surface area contributed by atoms with Gasteiger partial charge < -0.3 is 15.2 Å². The van der Waals surface area contributed by atoms with E-state index in [1.54, 1.807) is 6.33 Å². The van der Waals surface area contributed by atoms with Crippen LogP contribution in [0.15, 0.2) is 6.33 Å². The van der Waals surface area contributed by atoms with Crippen LogP contribution in [0.1, 0.15) is 26.1 Å². The number of nitrogens with one attached hydrogen (secondary N) is 2. The predicted molar refractivity (Wildman–Crippen MR) is 65.5 cm³/mol. The second-order valence-corrected chi connectivity index (χ2v) is 4.12. The third kappa shape index (κ3) is 4.95. The van der Waals surface area contributed by atoms with Gasteiger partial charge in [-0.1, -0.05) is 6.92 Å². The van der Waals surface area contributed by atoms with Gasteiger partial charge in [0.05, 0.1) is 0 Å². The molecule has 1 aromatic rings. The molecule has 0 aliphatic heterocycles. The zero-order chi connectivity index (χ0) is 12.7. The fourth-order valence-electron chi connectivity index (χ4n) is 1.62. The van der Waals surface area contributed by atoms with Crippen LogP contribution in [-0.4, -0.2) is 39.8 Å². The molecule has 0 saturated heterocycles. The SMILES string of the molecule is CCNC(C)CC(=O)NCCc1nncn1C. The maximum absolute atomic E-state index is 11.5. The molecule has 17 heavy (non-hydrogen) atoms. The molecule has 96 valence electrons. The van der Waals surface area contributed by atoms with Gasteiger partial charge in [-0.05, 0) is 13.5 Å². The highest BCUT2D eigenvalue weighted by molar-refractivity contribution is 5.76. The molecule has 1 heterocycles. The Hall–Kier alpha value is -1.43. The third-order valence-electron chi connectivity index (χ3n) is 2.52. The van der Waals surface area contributed by atoms with Crippen LogP contribution in [0.4, 0.5) is 0 Å². The lowest BCUT2D eigenvalue weighted by atomic mass is 10.2. The average Bonchev–Trinajstić information content (AvgIpc) is 2.64. The molecular formula is C11H21N5O. The van der Waals surface area contributed by atoms with E-state index < -0.39 is 0 Å². The highest BCUT2D eigenvalue weighted by Gasteiger charge is 2.07. The molecule has 6 nitrogen and oxygen atoms in total. The average molecular weight is 239 g/mol. The summed E-state index contributed by atoms with van der Waals surface area (Å²) < 4.78 is 1.85. The monoisotopic (exact) mass is 239 g/mol. The normalized spacial score (nSPS) is 12.4. The minimum Gasteiger partial charge on any atom is -0.356 e. The first kappa shape index (κ1) is 13.6. The number of amides is 1. The van der Waals surface area contributed by atoms with Gasteiger partial charge in [0.1, 0.15) is 12.2 Å². The van der Waals surface area contributed by atoms with Crippen molar-refractivity contribution in [2.24, 2.45) is 7.05 Å². The summed E-state index contributed by atoms with van der Waals surface area (Å²) in [4.78, 5) is 11.5. The van der Waals surface area contributed by atoms with Gasteiger partial charge in [-0.15, -0.1) is 10.2 Å². The van der Waals surface area contributed by atoms with E-state index in [4.69, 9.17) is 0 Å². The number of nitrogens with zero attached hydrogens (tertiary/aromatic N) is 3. The van der Waals surface area contributed by atoms with Crippen LogP contribution in [0, 0.1) is 0 Å². The summed E-state index contributed by atoms with van der Waals surface area (Å²) in [5, 5.41) is 13.8. The smallest absolute Gasteiger partial charge is 0.221 e. The molecule has 0 fully saturated rings. The minimum atomic E-state index is 0.0700. The van der Waals surface area contributed by atoms with Gasteiger partial charge in [-0.3, -0.25) is 4.79 Å². The summed E-state index contributed by atoms with van der Waals surface area (Å²) in [5.74, 6) is 0.950. The third-order valence-corrected chi connectivity index (χ3v) is 2.52. The molecule has 1 rings (SSSR count). The van der Waals surface area contributed by atoms with E-state index in [2.05, 4.69) is 20.8 Å². The first-order chi connectivity index (χ1) is 8.13. The molecule has 0 radical (unpaired) electrons. The van der Waals surface area contributed by atoms with E-state index in [1.165, 1.54) is 0 Å². The van der Waals surface area contributed by atoms with Crippen LogP contribution in [0.5, 0.6) is 0 Å².